The zero-order chi connectivity index (χ0) is 25.8. The minimum absolute atomic E-state index is 0.0466. The van der Waals surface area contributed by atoms with Gasteiger partial charge in [0.25, 0.3) is 28.8 Å². The molecular formula is C22H23N3O8S2. The number of hydrogen-bond acceptors (Lipinski definition) is 10. The monoisotopic (exact) mass is 521 g/mol. The van der Waals surface area contributed by atoms with E-state index in [0.717, 1.165) is 4.90 Å². The number of methoxy groups -OCH3 is 2. The molecule has 1 aromatic carbocycles. The van der Waals surface area contributed by atoms with Gasteiger partial charge in [-0.2, -0.15) is 0 Å². The molecule has 0 spiro atoms. The summed E-state index contributed by atoms with van der Waals surface area (Å²) in [5, 5.41) is -0.701. The second-order valence-electron chi connectivity index (χ2n) is 8.58. The van der Waals surface area contributed by atoms with E-state index in [9.17, 15) is 9.59 Å². The lowest BCUT2D eigenvalue weighted by Gasteiger charge is -2.51. The number of amides is 2. The van der Waals surface area contributed by atoms with Crippen molar-refractivity contribution in [2.24, 2.45) is 0 Å². The highest BCUT2D eigenvalue weighted by Crippen LogP contribution is 2.56. The van der Waals surface area contributed by atoms with E-state index in [4.69, 9.17) is 59.4 Å². The van der Waals surface area contributed by atoms with E-state index >= 15 is 0 Å². The zero-order valence-corrected chi connectivity index (χ0v) is 21.3. The van der Waals surface area contributed by atoms with Crippen molar-refractivity contribution in [2.75, 3.05) is 28.1 Å². The average Bonchev–Trinajstić information content (AvgIpc) is 3.41. The molecule has 0 saturated carbocycles. The van der Waals surface area contributed by atoms with Crippen molar-refractivity contribution in [1.82, 2.24) is 9.80 Å². The van der Waals surface area contributed by atoms with Crippen LogP contribution in [-0.4, -0.2) is 77.1 Å². The molecule has 13 heteroatoms. The lowest BCUT2D eigenvalue weighted by atomic mass is 9.86. The SMILES string of the molecule is [C-]#[N+][C@@]1(C)C[C@]2(OC(=S)OC)C(=O)N(C)[C@@](C)(OC(=S)OC)C(=O)N2[C@H]1c1ccc2c(c1)OCO2. The Morgan fingerprint density at radius 1 is 1.09 bits per heavy atom. The molecule has 1 aromatic rings. The minimum atomic E-state index is -1.98. The van der Waals surface area contributed by atoms with Gasteiger partial charge in [0.2, 0.25) is 6.79 Å². The molecule has 2 amide bonds. The summed E-state index contributed by atoms with van der Waals surface area (Å²) in [6.07, 6.45) is -0.189. The van der Waals surface area contributed by atoms with Crippen LogP contribution in [0.4, 0.5) is 0 Å². The molecule has 2 saturated heterocycles. The molecular weight excluding hydrogens is 498 g/mol. The van der Waals surface area contributed by atoms with Gasteiger partial charge in [-0.15, -0.1) is 0 Å². The first-order valence-corrected chi connectivity index (χ1v) is 11.2. The third kappa shape index (κ3) is 3.51. The van der Waals surface area contributed by atoms with Gasteiger partial charge in [0.1, 0.15) is 6.04 Å². The van der Waals surface area contributed by atoms with Crippen LogP contribution in [0.5, 0.6) is 11.5 Å². The molecule has 2 fully saturated rings. The molecule has 4 rings (SSSR count). The van der Waals surface area contributed by atoms with Crippen molar-refractivity contribution in [3.05, 3.63) is 35.2 Å². The number of likely N-dealkylation sites (N-methyl/N-ethyl adjacent to an activating group) is 1. The van der Waals surface area contributed by atoms with Gasteiger partial charge >= 0.3 is 10.5 Å². The van der Waals surface area contributed by atoms with Crippen LogP contribution in [0.2, 0.25) is 0 Å². The largest absolute Gasteiger partial charge is 0.460 e. The van der Waals surface area contributed by atoms with Gasteiger partial charge in [0.05, 0.1) is 20.6 Å². The smallest absolute Gasteiger partial charge is 0.354 e. The third-order valence-corrected chi connectivity index (χ3v) is 7.06. The predicted octanol–water partition coefficient (Wildman–Crippen LogP) is 2.15. The summed E-state index contributed by atoms with van der Waals surface area (Å²) in [7, 11) is 3.94. The molecule has 3 aliphatic rings. The summed E-state index contributed by atoms with van der Waals surface area (Å²) in [4.78, 5) is 34.3. The molecule has 35 heavy (non-hydrogen) atoms. The van der Waals surface area contributed by atoms with Crippen LogP contribution >= 0.6 is 24.4 Å². The molecule has 0 aromatic heterocycles. The maximum atomic E-state index is 14.2. The molecule has 0 bridgehead atoms. The first-order chi connectivity index (χ1) is 16.5. The molecule has 0 N–H and O–H groups in total. The van der Waals surface area contributed by atoms with E-state index in [1.54, 1.807) is 25.1 Å². The molecule has 3 aliphatic heterocycles. The molecule has 0 radical (unpaired) electrons. The first kappa shape index (κ1) is 24.7. The van der Waals surface area contributed by atoms with Crippen LogP contribution in [-0.2, 0) is 28.5 Å². The zero-order valence-electron chi connectivity index (χ0n) is 19.6. The van der Waals surface area contributed by atoms with Crippen LogP contribution in [0, 0.1) is 6.57 Å². The van der Waals surface area contributed by atoms with Crippen LogP contribution in [0.25, 0.3) is 4.85 Å². The Morgan fingerprint density at radius 3 is 2.34 bits per heavy atom. The lowest BCUT2D eigenvalue weighted by molar-refractivity contribution is -0.222. The Labute approximate surface area is 212 Å². The number of carbonyl (C=O) groups excluding carboxylic acids is 2. The van der Waals surface area contributed by atoms with Crippen molar-refractivity contribution in [1.29, 1.82) is 0 Å². The third-order valence-electron chi connectivity index (χ3n) is 6.56. The maximum Gasteiger partial charge on any atom is 0.354 e. The lowest BCUT2D eigenvalue weighted by Crippen LogP contribution is -2.75. The number of benzene rings is 1. The van der Waals surface area contributed by atoms with Crippen molar-refractivity contribution < 1.29 is 38.0 Å². The topological polar surface area (TPSA) is 100 Å². The predicted molar refractivity (Wildman–Crippen MR) is 127 cm³/mol. The van der Waals surface area contributed by atoms with Gasteiger partial charge in [-0.25, -0.2) is 6.57 Å². The highest BCUT2D eigenvalue weighted by atomic mass is 32.1. The highest BCUT2D eigenvalue weighted by molar-refractivity contribution is 7.79. The van der Waals surface area contributed by atoms with Crippen LogP contribution in [0.15, 0.2) is 18.2 Å². The summed E-state index contributed by atoms with van der Waals surface area (Å²) in [6.45, 7) is 11.1. The molecule has 186 valence electrons. The van der Waals surface area contributed by atoms with E-state index in [-0.39, 0.29) is 23.7 Å². The van der Waals surface area contributed by atoms with Gasteiger partial charge in [-0.3, -0.25) is 19.4 Å². The van der Waals surface area contributed by atoms with Crippen molar-refractivity contribution in [3.8, 4) is 11.5 Å². The Balaban J connectivity index is 1.94. The number of fused-ring (bicyclic) bond motifs is 2. The Morgan fingerprint density at radius 2 is 1.71 bits per heavy atom. The van der Waals surface area contributed by atoms with Gasteiger partial charge in [0, 0.05) is 45.3 Å². The number of piperazine rings is 1. The quantitative estimate of drug-likeness (QED) is 0.435. The maximum absolute atomic E-state index is 14.2. The Kier molecular flexibility index (Phi) is 5.93. The van der Waals surface area contributed by atoms with Crippen LogP contribution < -0.4 is 9.47 Å². The second-order valence-corrected chi connectivity index (χ2v) is 9.25. The standard InChI is InChI=1S/C22H23N3O8S2/c1-20(23-3)10-22(33-19(35)29-6)17(27)24(4)21(2,32-18(34)28-5)16(26)25(22)15(20)12-7-8-13-14(9-12)31-11-30-13/h7-9,15H,10-11H2,1-2,4-6H3/t15-,20-,21-,22-/m0/s1. The van der Waals surface area contributed by atoms with E-state index in [1.165, 1.54) is 33.1 Å². The van der Waals surface area contributed by atoms with Crippen molar-refractivity contribution in [2.45, 2.75) is 43.3 Å². The molecule has 0 unspecified atom stereocenters. The van der Waals surface area contributed by atoms with Crippen LogP contribution in [0.1, 0.15) is 31.9 Å². The summed E-state index contributed by atoms with van der Waals surface area (Å²) in [5.41, 5.74) is -4.65. The summed E-state index contributed by atoms with van der Waals surface area (Å²) < 4.78 is 32.4. The molecule has 3 heterocycles. The Hall–Kier alpha value is -3.37. The fourth-order valence-electron chi connectivity index (χ4n) is 4.75. The number of carbonyl (C=O) groups is 2. The van der Waals surface area contributed by atoms with Gasteiger partial charge in [-0.05, 0) is 17.7 Å². The summed E-state index contributed by atoms with van der Waals surface area (Å²) in [5.74, 6) is -0.379. The number of hydrogen-bond donors (Lipinski definition) is 0. The number of ether oxygens (including phenoxy) is 6. The Bertz CT molecular complexity index is 1170. The van der Waals surface area contributed by atoms with Gasteiger partial charge in [-0.1, -0.05) is 6.07 Å². The normalized spacial score (nSPS) is 30.9. The molecule has 4 atom stereocenters. The van der Waals surface area contributed by atoms with Crippen molar-refractivity contribution in [3.63, 3.8) is 0 Å². The van der Waals surface area contributed by atoms with Crippen molar-refractivity contribution >= 4 is 46.7 Å². The average molecular weight is 522 g/mol. The number of rotatable bonds is 3. The van der Waals surface area contributed by atoms with E-state index in [1.807, 2.05) is 0 Å². The van der Waals surface area contributed by atoms with Crippen LogP contribution in [0.3, 0.4) is 0 Å². The number of nitrogens with zero attached hydrogens (tertiary/aromatic N) is 3. The molecule has 11 nitrogen and oxygen atoms in total. The van der Waals surface area contributed by atoms with E-state index in [2.05, 4.69) is 4.85 Å². The van der Waals surface area contributed by atoms with E-state index < -0.39 is 34.8 Å². The van der Waals surface area contributed by atoms with Gasteiger partial charge in [0.15, 0.2) is 11.5 Å². The first-order valence-electron chi connectivity index (χ1n) is 10.4. The minimum Gasteiger partial charge on any atom is -0.460 e. The summed E-state index contributed by atoms with van der Waals surface area (Å²) in [6, 6.07) is 4.11. The molecule has 0 aliphatic carbocycles. The summed E-state index contributed by atoms with van der Waals surface area (Å²) >= 11 is 10.2. The number of thiocarbonyl (C=S) groups is 2. The highest BCUT2D eigenvalue weighted by Gasteiger charge is 2.76. The van der Waals surface area contributed by atoms with E-state index in [0.29, 0.717) is 17.1 Å². The van der Waals surface area contributed by atoms with Gasteiger partial charge < -0.3 is 33.3 Å². The fraction of sp³-hybridized carbons (Fsp3) is 0.500. The second kappa shape index (κ2) is 8.39. The fourth-order valence-corrected chi connectivity index (χ4v) is 5.05.